The Labute approximate surface area is 89.7 Å². The average Bonchev–Trinajstić information content (AvgIpc) is 2.25. The molecule has 14 heavy (non-hydrogen) atoms. The highest BCUT2D eigenvalue weighted by atomic mass is 15.1. The molecule has 0 aliphatic heterocycles. The third-order valence-electron chi connectivity index (χ3n) is 1.81. The number of hydrogen-bond acceptors (Lipinski definition) is 1. The predicted molar refractivity (Wildman–Crippen MR) is 66.8 cm³/mol. The molecule has 0 saturated carbocycles. The highest BCUT2D eigenvalue weighted by Crippen LogP contribution is 1.94. The lowest BCUT2D eigenvalue weighted by Gasteiger charge is -2.17. The minimum Gasteiger partial charge on any atom is -0.363 e. The van der Waals surface area contributed by atoms with Crippen LogP contribution in [0.1, 0.15) is 47.5 Å². The zero-order chi connectivity index (χ0) is 11.4. The van der Waals surface area contributed by atoms with Crippen LogP contribution >= 0.6 is 0 Å². The van der Waals surface area contributed by atoms with Crippen molar-refractivity contribution in [2.75, 3.05) is 13.6 Å². The van der Waals surface area contributed by atoms with Gasteiger partial charge in [-0.1, -0.05) is 33.3 Å². The second kappa shape index (κ2) is 12.2. The number of nitrogens with zero attached hydrogens (tertiary/aromatic N) is 2. The van der Waals surface area contributed by atoms with Crippen molar-refractivity contribution in [2.24, 2.45) is 4.99 Å². The molecule has 2 heteroatoms. The Morgan fingerprint density at radius 1 is 1.36 bits per heavy atom. The lowest BCUT2D eigenvalue weighted by atomic mass is 10.3. The maximum absolute atomic E-state index is 4.26. The number of hydrogen-bond donors (Lipinski definition) is 0. The van der Waals surface area contributed by atoms with Crippen molar-refractivity contribution >= 4 is 5.84 Å². The normalized spacial score (nSPS) is 11.1. The first-order chi connectivity index (χ1) is 6.72. The Morgan fingerprint density at radius 3 is 2.36 bits per heavy atom. The monoisotopic (exact) mass is 198 g/mol. The van der Waals surface area contributed by atoms with E-state index in [0.29, 0.717) is 0 Å². The van der Waals surface area contributed by atoms with Gasteiger partial charge in [-0.3, -0.25) is 0 Å². The van der Waals surface area contributed by atoms with E-state index in [1.54, 1.807) is 0 Å². The molecular formula is C12H26N2. The van der Waals surface area contributed by atoms with E-state index < -0.39 is 0 Å². The minimum absolute atomic E-state index is 1.08. The van der Waals surface area contributed by atoms with Crippen molar-refractivity contribution in [3.63, 3.8) is 0 Å². The van der Waals surface area contributed by atoms with Gasteiger partial charge in [-0.2, -0.15) is 0 Å². The Morgan fingerprint density at radius 2 is 1.93 bits per heavy atom. The SMILES string of the molecule is C/C=C\N=C(C)N(C)CCCC.CC. The quantitative estimate of drug-likeness (QED) is 0.497. The second-order valence-corrected chi connectivity index (χ2v) is 2.93. The van der Waals surface area contributed by atoms with Gasteiger partial charge in [-0.25, -0.2) is 4.99 Å². The lowest BCUT2D eigenvalue weighted by Crippen LogP contribution is -2.24. The lowest BCUT2D eigenvalue weighted by molar-refractivity contribution is 0.482. The van der Waals surface area contributed by atoms with Crippen LogP contribution in [0.25, 0.3) is 0 Å². The van der Waals surface area contributed by atoms with Gasteiger partial charge < -0.3 is 4.90 Å². The number of amidine groups is 1. The van der Waals surface area contributed by atoms with Crippen molar-refractivity contribution in [1.82, 2.24) is 4.90 Å². The van der Waals surface area contributed by atoms with E-state index in [1.165, 1.54) is 12.8 Å². The summed E-state index contributed by atoms with van der Waals surface area (Å²) in [6, 6.07) is 0. The van der Waals surface area contributed by atoms with E-state index in [9.17, 15) is 0 Å². The van der Waals surface area contributed by atoms with Gasteiger partial charge in [0.15, 0.2) is 0 Å². The first-order valence-corrected chi connectivity index (χ1v) is 5.59. The predicted octanol–water partition coefficient (Wildman–Crippen LogP) is 3.70. The molecule has 0 N–H and O–H groups in total. The van der Waals surface area contributed by atoms with Gasteiger partial charge >= 0.3 is 0 Å². The van der Waals surface area contributed by atoms with Crippen LogP contribution in [0.2, 0.25) is 0 Å². The number of aliphatic imine (C=N–C) groups is 1. The van der Waals surface area contributed by atoms with E-state index in [-0.39, 0.29) is 0 Å². The Kier molecular flexibility index (Phi) is 13.7. The highest BCUT2D eigenvalue weighted by molar-refractivity contribution is 5.79. The fourth-order valence-corrected chi connectivity index (χ4v) is 0.838. The Bertz CT molecular complexity index is 160. The molecular weight excluding hydrogens is 172 g/mol. The van der Waals surface area contributed by atoms with Crippen LogP contribution < -0.4 is 0 Å². The number of unbranched alkanes of at least 4 members (excludes halogenated alkanes) is 1. The summed E-state index contributed by atoms with van der Waals surface area (Å²) in [5, 5.41) is 0. The zero-order valence-electron chi connectivity index (χ0n) is 10.7. The van der Waals surface area contributed by atoms with Crippen molar-refractivity contribution in [3.05, 3.63) is 12.3 Å². The molecule has 0 aromatic rings. The summed E-state index contributed by atoms with van der Waals surface area (Å²) in [7, 11) is 2.08. The van der Waals surface area contributed by atoms with Gasteiger partial charge in [0.1, 0.15) is 5.84 Å². The van der Waals surface area contributed by atoms with Gasteiger partial charge in [0.2, 0.25) is 0 Å². The fourth-order valence-electron chi connectivity index (χ4n) is 0.838. The van der Waals surface area contributed by atoms with Crippen LogP contribution in [0.4, 0.5) is 0 Å². The number of allylic oxidation sites excluding steroid dienone is 1. The molecule has 0 radical (unpaired) electrons. The summed E-state index contributed by atoms with van der Waals surface area (Å²) in [5.74, 6) is 1.08. The summed E-state index contributed by atoms with van der Waals surface area (Å²) < 4.78 is 0. The van der Waals surface area contributed by atoms with Crippen molar-refractivity contribution in [1.29, 1.82) is 0 Å². The summed E-state index contributed by atoms with van der Waals surface area (Å²) >= 11 is 0. The van der Waals surface area contributed by atoms with Crippen LogP contribution in [0.3, 0.4) is 0 Å². The summed E-state index contributed by atoms with van der Waals surface area (Å²) in [6.45, 7) is 11.3. The van der Waals surface area contributed by atoms with E-state index in [2.05, 4.69) is 23.9 Å². The van der Waals surface area contributed by atoms with Crippen LogP contribution in [-0.4, -0.2) is 24.3 Å². The van der Waals surface area contributed by atoms with Crippen LogP contribution in [0.5, 0.6) is 0 Å². The fraction of sp³-hybridized carbons (Fsp3) is 0.750. The molecule has 0 spiro atoms. The third-order valence-corrected chi connectivity index (χ3v) is 1.81. The molecule has 0 bridgehead atoms. The van der Waals surface area contributed by atoms with Gasteiger partial charge in [0, 0.05) is 19.8 Å². The van der Waals surface area contributed by atoms with Gasteiger partial charge in [-0.05, 0) is 20.3 Å². The topological polar surface area (TPSA) is 15.6 Å². The molecule has 0 atom stereocenters. The van der Waals surface area contributed by atoms with E-state index in [0.717, 1.165) is 12.4 Å². The van der Waals surface area contributed by atoms with E-state index in [1.807, 2.05) is 40.0 Å². The molecule has 0 rings (SSSR count). The van der Waals surface area contributed by atoms with Gasteiger partial charge in [0.05, 0.1) is 0 Å². The molecule has 0 unspecified atom stereocenters. The highest BCUT2D eigenvalue weighted by Gasteiger charge is 1.96. The first kappa shape index (κ1) is 15.7. The molecule has 0 aromatic carbocycles. The summed E-state index contributed by atoms with van der Waals surface area (Å²) in [5.41, 5.74) is 0. The molecule has 0 heterocycles. The first-order valence-electron chi connectivity index (χ1n) is 5.59. The van der Waals surface area contributed by atoms with Gasteiger partial charge in [-0.15, -0.1) is 0 Å². The molecule has 0 aliphatic carbocycles. The molecule has 0 fully saturated rings. The van der Waals surface area contributed by atoms with Crippen LogP contribution in [-0.2, 0) is 0 Å². The summed E-state index contributed by atoms with van der Waals surface area (Å²) in [6.07, 6.45) is 6.25. The van der Waals surface area contributed by atoms with Crippen molar-refractivity contribution in [2.45, 2.75) is 47.5 Å². The molecule has 0 saturated heterocycles. The maximum Gasteiger partial charge on any atom is 0.101 e. The smallest absolute Gasteiger partial charge is 0.101 e. The van der Waals surface area contributed by atoms with Crippen LogP contribution in [0.15, 0.2) is 17.3 Å². The minimum atomic E-state index is 1.08. The molecule has 0 amide bonds. The maximum atomic E-state index is 4.26. The average molecular weight is 198 g/mol. The summed E-state index contributed by atoms with van der Waals surface area (Å²) in [4.78, 5) is 6.44. The van der Waals surface area contributed by atoms with Crippen LogP contribution in [0, 0.1) is 0 Å². The third kappa shape index (κ3) is 9.30. The van der Waals surface area contributed by atoms with Crippen molar-refractivity contribution in [3.8, 4) is 0 Å². The Balaban J connectivity index is 0. The molecule has 0 aliphatic rings. The van der Waals surface area contributed by atoms with E-state index >= 15 is 0 Å². The van der Waals surface area contributed by atoms with Crippen molar-refractivity contribution < 1.29 is 0 Å². The molecule has 84 valence electrons. The number of rotatable bonds is 4. The molecule has 2 nitrogen and oxygen atoms in total. The largest absolute Gasteiger partial charge is 0.363 e. The zero-order valence-corrected chi connectivity index (χ0v) is 10.7. The second-order valence-electron chi connectivity index (χ2n) is 2.93. The standard InChI is InChI=1S/C10H20N2.C2H6/c1-5-7-9-12(4)10(3)11-8-6-2;1-2/h6,8H,5,7,9H2,1-4H3;1-2H3/b8-6-,11-10?;. The van der Waals surface area contributed by atoms with E-state index in [4.69, 9.17) is 0 Å². The van der Waals surface area contributed by atoms with Gasteiger partial charge in [0.25, 0.3) is 0 Å². The Hall–Kier alpha value is -0.790. The molecule has 0 aromatic heterocycles.